The van der Waals surface area contributed by atoms with Crippen LogP contribution in [0.5, 0.6) is 5.75 Å². The Morgan fingerprint density at radius 2 is 1.80 bits per heavy atom. The molecular weight excluding hydrogens is 608 g/mol. The van der Waals surface area contributed by atoms with Gasteiger partial charge in [0.2, 0.25) is 11.7 Å². The van der Waals surface area contributed by atoms with Crippen molar-refractivity contribution in [1.29, 1.82) is 0 Å². The first-order chi connectivity index (χ1) is 21.4. The number of fused-ring (bicyclic) bond motifs is 2. The van der Waals surface area contributed by atoms with Gasteiger partial charge in [0.1, 0.15) is 11.5 Å². The molecule has 1 amide bonds. The largest absolute Gasteiger partial charge is 0.507 e. The van der Waals surface area contributed by atoms with Crippen LogP contribution in [0.3, 0.4) is 0 Å². The molecule has 11 nitrogen and oxygen atoms in total. The van der Waals surface area contributed by atoms with Gasteiger partial charge in [0.25, 0.3) is 0 Å². The minimum Gasteiger partial charge on any atom is -0.507 e. The lowest BCUT2D eigenvalue weighted by Gasteiger charge is -2.47. The van der Waals surface area contributed by atoms with Gasteiger partial charge in [0.05, 0.1) is 24.3 Å². The van der Waals surface area contributed by atoms with Crippen LogP contribution in [0, 0.1) is 11.8 Å². The Hall–Kier alpha value is -3.58. The highest BCUT2D eigenvalue weighted by Crippen LogP contribution is 2.52. The summed E-state index contributed by atoms with van der Waals surface area (Å²) in [5.74, 6) is -5.71. The molecule has 2 aromatic rings. The Kier molecular flexibility index (Phi) is 10.2. The van der Waals surface area contributed by atoms with E-state index in [0.717, 1.165) is 10.5 Å². The number of hydrogen-bond donors (Lipinski definition) is 6. The molecule has 2 aromatic carbocycles. The van der Waals surface area contributed by atoms with Gasteiger partial charge in [-0.2, -0.15) is 0 Å². The number of carbonyl (C=O) groups is 3. The molecule has 0 bridgehead atoms. The number of nitrogens with two attached hydrogens (primary N) is 1. The van der Waals surface area contributed by atoms with Crippen LogP contribution in [0.1, 0.15) is 50.3 Å². The first-order valence-corrected chi connectivity index (χ1v) is 16.1. The van der Waals surface area contributed by atoms with Crippen molar-refractivity contribution >= 4 is 46.4 Å². The van der Waals surface area contributed by atoms with Gasteiger partial charge in [-0.1, -0.05) is 39.0 Å². The summed E-state index contributed by atoms with van der Waals surface area (Å²) >= 11 is 1.73. The molecule has 250 valence electrons. The SMILES string of the molecule is CN(C)c1cc(NCc2ccccc2SC(C)(C)C)c(O)c2c1C[C@H]1C[C@@H]([C@@H](CO)N(C)C)[C@](O)(C(=O)CC(N)=O)C(=O)C1=C2O. The second-order valence-electron chi connectivity index (χ2n) is 13.6. The third-order valence-corrected chi connectivity index (χ3v) is 10.0. The van der Waals surface area contributed by atoms with E-state index >= 15 is 0 Å². The van der Waals surface area contributed by atoms with E-state index in [4.69, 9.17) is 5.73 Å². The Bertz CT molecular complexity index is 1570. The van der Waals surface area contributed by atoms with Gasteiger partial charge in [-0.25, -0.2) is 0 Å². The van der Waals surface area contributed by atoms with Crippen molar-refractivity contribution in [2.24, 2.45) is 17.6 Å². The standard InChI is InChI=1S/C34H46N4O7S/c1-33(2,3)46-25-11-9-8-10-18(25)16-36-22-14-23(37(4)5)20-12-19-13-21(24(17-39)38(6)7)34(45,26(40)15-27(35)41)32(44)28(19)31(43)29(20)30(22)42/h8-11,14,19,21,24,36,39,42-43,45H,12-13,15-17H2,1-7H3,(H2,35,41)/t19-,21-,24+,34-/m0/s1. The third kappa shape index (κ3) is 6.62. The predicted molar refractivity (Wildman–Crippen MR) is 180 cm³/mol. The van der Waals surface area contributed by atoms with Crippen LogP contribution in [-0.2, 0) is 27.3 Å². The maximum atomic E-state index is 14.2. The van der Waals surface area contributed by atoms with Gasteiger partial charge in [-0.15, -0.1) is 11.8 Å². The lowest BCUT2D eigenvalue weighted by Crippen LogP contribution is -2.64. The number of hydrogen-bond acceptors (Lipinski definition) is 11. The zero-order chi connectivity index (χ0) is 34.3. The Labute approximate surface area is 274 Å². The van der Waals surface area contributed by atoms with Crippen LogP contribution in [-0.4, -0.2) is 94.0 Å². The summed E-state index contributed by atoms with van der Waals surface area (Å²) in [5, 5.41) is 48.8. The Balaban J connectivity index is 1.84. The van der Waals surface area contributed by atoms with E-state index in [9.17, 15) is 34.8 Å². The fraction of sp³-hybridized carbons (Fsp3) is 0.500. The molecular formula is C34H46N4O7S. The normalized spacial score (nSPS) is 21.9. The highest BCUT2D eigenvalue weighted by molar-refractivity contribution is 8.00. The number of carbonyl (C=O) groups excluding carboxylic acids is 3. The lowest BCUT2D eigenvalue weighted by molar-refractivity contribution is -0.163. The fourth-order valence-corrected chi connectivity index (χ4v) is 7.77. The zero-order valence-electron chi connectivity index (χ0n) is 27.5. The van der Waals surface area contributed by atoms with Crippen LogP contribution >= 0.6 is 11.8 Å². The van der Waals surface area contributed by atoms with Gasteiger partial charge >= 0.3 is 0 Å². The number of aliphatic hydroxyl groups is 3. The summed E-state index contributed by atoms with van der Waals surface area (Å²) in [6.07, 6.45) is -0.626. The number of likely N-dealkylation sites (N-methyl/N-ethyl adjacent to an activating group) is 1. The number of thioether (sulfide) groups is 1. The number of nitrogens with zero attached hydrogens (tertiary/aromatic N) is 2. The van der Waals surface area contributed by atoms with Crippen molar-refractivity contribution in [1.82, 2.24) is 4.90 Å². The maximum Gasteiger partial charge on any atom is 0.225 e. The quantitative estimate of drug-likeness (QED) is 0.119. The molecule has 0 saturated heterocycles. The number of nitrogens with one attached hydrogen (secondary N) is 1. The summed E-state index contributed by atoms with van der Waals surface area (Å²) in [5.41, 5.74) is 5.06. The summed E-state index contributed by atoms with van der Waals surface area (Å²) < 4.78 is -0.0211. The summed E-state index contributed by atoms with van der Waals surface area (Å²) in [6.45, 7) is 6.29. The van der Waals surface area contributed by atoms with Crippen molar-refractivity contribution in [3.05, 3.63) is 52.6 Å². The summed E-state index contributed by atoms with van der Waals surface area (Å²) in [6, 6.07) is 8.95. The second kappa shape index (κ2) is 13.3. The van der Waals surface area contributed by atoms with Gasteiger partial charge < -0.3 is 41.3 Å². The number of aliphatic hydroxyl groups excluding tert-OH is 2. The molecule has 2 aliphatic carbocycles. The third-order valence-electron chi connectivity index (χ3n) is 8.82. The van der Waals surface area contributed by atoms with Crippen LogP contribution in [0.15, 0.2) is 40.8 Å². The van der Waals surface area contributed by atoms with E-state index in [2.05, 4.69) is 26.1 Å². The van der Waals surface area contributed by atoms with Crippen molar-refractivity contribution in [3.8, 4) is 5.75 Å². The smallest absolute Gasteiger partial charge is 0.225 e. The number of phenolic OH excluding ortho intramolecular Hbond substituents is 1. The number of anilines is 2. The van der Waals surface area contributed by atoms with Crippen LogP contribution in [0.25, 0.3) is 5.76 Å². The fourth-order valence-electron chi connectivity index (χ4n) is 6.70. The molecule has 1 saturated carbocycles. The molecule has 1 fully saturated rings. The number of phenols is 1. The number of benzene rings is 2. The monoisotopic (exact) mass is 654 g/mol. The van der Waals surface area contributed by atoms with E-state index in [1.807, 2.05) is 43.3 Å². The molecule has 0 spiro atoms. The molecule has 46 heavy (non-hydrogen) atoms. The number of amides is 1. The van der Waals surface area contributed by atoms with Crippen molar-refractivity contribution < 1.29 is 34.8 Å². The number of rotatable bonds is 11. The van der Waals surface area contributed by atoms with E-state index in [-0.39, 0.29) is 34.5 Å². The maximum absolute atomic E-state index is 14.2. The highest BCUT2D eigenvalue weighted by atomic mass is 32.2. The number of primary amides is 1. The van der Waals surface area contributed by atoms with Crippen molar-refractivity contribution in [2.45, 2.75) is 67.9 Å². The second-order valence-corrected chi connectivity index (χ2v) is 15.5. The average Bonchev–Trinajstić information content (AvgIpc) is 2.94. The average molecular weight is 655 g/mol. The molecule has 0 heterocycles. The van der Waals surface area contributed by atoms with E-state index in [1.54, 1.807) is 36.8 Å². The Morgan fingerprint density at radius 3 is 2.37 bits per heavy atom. The summed E-state index contributed by atoms with van der Waals surface area (Å²) in [4.78, 5) is 43.9. The Morgan fingerprint density at radius 1 is 1.15 bits per heavy atom. The van der Waals surface area contributed by atoms with Gasteiger partial charge in [-0.05, 0) is 56.1 Å². The molecule has 4 atom stereocenters. The molecule has 0 aromatic heterocycles. The highest BCUT2D eigenvalue weighted by Gasteiger charge is 2.60. The van der Waals surface area contributed by atoms with E-state index < -0.39 is 59.7 Å². The molecule has 0 aliphatic heterocycles. The first kappa shape index (κ1) is 35.3. The lowest BCUT2D eigenvalue weighted by atomic mass is 9.60. The molecule has 12 heteroatoms. The number of ketones is 2. The molecule has 2 aliphatic rings. The summed E-state index contributed by atoms with van der Waals surface area (Å²) in [7, 11) is 6.98. The van der Waals surface area contributed by atoms with Crippen LogP contribution in [0.4, 0.5) is 11.4 Å². The van der Waals surface area contributed by atoms with E-state index in [1.165, 1.54) is 0 Å². The van der Waals surface area contributed by atoms with Crippen LogP contribution in [0.2, 0.25) is 0 Å². The van der Waals surface area contributed by atoms with Crippen molar-refractivity contribution in [2.75, 3.05) is 45.0 Å². The predicted octanol–water partition coefficient (Wildman–Crippen LogP) is 3.09. The molecule has 4 rings (SSSR count). The van der Waals surface area contributed by atoms with Crippen molar-refractivity contribution in [3.63, 3.8) is 0 Å². The number of Topliss-reactive ketones (excluding diaryl/α,β-unsaturated/α-hetero) is 2. The van der Waals surface area contributed by atoms with E-state index in [0.29, 0.717) is 23.5 Å². The van der Waals surface area contributed by atoms with Crippen LogP contribution < -0.4 is 16.0 Å². The van der Waals surface area contributed by atoms with Gasteiger partial charge in [0.15, 0.2) is 11.4 Å². The topological polar surface area (TPSA) is 177 Å². The minimum atomic E-state index is -2.73. The molecule has 0 unspecified atom stereocenters. The number of aromatic hydroxyl groups is 1. The van der Waals surface area contributed by atoms with Gasteiger partial charge in [0, 0.05) is 53.5 Å². The minimum absolute atomic E-state index is 0.0211. The first-order valence-electron chi connectivity index (χ1n) is 15.3. The van der Waals surface area contributed by atoms with Gasteiger partial charge in [-0.3, -0.25) is 14.4 Å². The molecule has 7 N–H and O–H groups in total. The molecule has 0 radical (unpaired) electrons. The zero-order valence-corrected chi connectivity index (χ0v) is 28.4.